The van der Waals surface area contributed by atoms with Gasteiger partial charge in [0, 0.05) is 11.2 Å². The van der Waals surface area contributed by atoms with Crippen LogP contribution in [0.2, 0.25) is 5.02 Å². The fourth-order valence-corrected chi connectivity index (χ4v) is 4.15. The molecule has 1 atom stereocenters. The van der Waals surface area contributed by atoms with Crippen molar-refractivity contribution in [2.45, 2.75) is 26.8 Å². The van der Waals surface area contributed by atoms with Crippen molar-refractivity contribution in [3.8, 4) is 0 Å². The molecular weight excluding hydrogens is 412 g/mol. The lowest BCUT2D eigenvalue weighted by Gasteiger charge is -2.24. The molecule has 4 aromatic rings. The molecule has 6 heteroatoms. The minimum atomic E-state index is -0.655. The van der Waals surface area contributed by atoms with Crippen molar-refractivity contribution < 1.29 is 9.21 Å². The molecule has 2 aromatic heterocycles. The van der Waals surface area contributed by atoms with E-state index in [1.54, 1.807) is 24.4 Å². The molecule has 1 unspecified atom stereocenters. The smallest absolute Gasteiger partial charge is 0.296 e. The van der Waals surface area contributed by atoms with Gasteiger partial charge < -0.3 is 4.42 Å². The zero-order valence-corrected chi connectivity index (χ0v) is 18.0. The lowest BCUT2D eigenvalue weighted by molar-refractivity contribution is 0.0970. The molecule has 5 rings (SSSR count). The van der Waals surface area contributed by atoms with E-state index in [-0.39, 0.29) is 17.1 Å². The number of hydrogen-bond donors (Lipinski definition) is 0. The molecule has 0 saturated carbocycles. The van der Waals surface area contributed by atoms with Crippen molar-refractivity contribution in [1.29, 1.82) is 0 Å². The molecule has 31 heavy (non-hydrogen) atoms. The SMILES string of the molecule is Cc1ccc(N2C(=O)c3oc4cc(C)c(C)cc4c(=O)c3C2c2ccc(Cl)cc2)nc1. The lowest BCUT2D eigenvalue weighted by atomic mass is 9.97. The summed E-state index contributed by atoms with van der Waals surface area (Å²) >= 11 is 6.09. The van der Waals surface area contributed by atoms with Gasteiger partial charge in [-0.1, -0.05) is 29.8 Å². The largest absolute Gasteiger partial charge is 0.450 e. The monoisotopic (exact) mass is 430 g/mol. The zero-order valence-electron chi connectivity index (χ0n) is 17.3. The molecule has 3 heterocycles. The van der Waals surface area contributed by atoms with Crippen molar-refractivity contribution in [1.82, 2.24) is 4.98 Å². The topological polar surface area (TPSA) is 63.4 Å². The van der Waals surface area contributed by atoms with Gasteiger partial charge in [-0.05, 0) is 73.4 Å². The average Bonchev–Trinajstić information content (AvgIpc) is 3.04. The molecule has 1 amide bonds. The molecule has 1 aliphatic rings. The minimum Gasteiger partial charge on any atom is -0.450 e. The first-order valence-electron chi connectivity index (χ1n) is 9.95. The van der Waals surface area contributed by atoms with Crippen LogP contribution in [0.15, 0.2) is 63.9 Å². The number of pyridine rings is 1. The van der Waals surface area contributed by atoms with Crippen LogP contribution < -0.4 is 10.3 Å². The number of anilines is 1. The first kappa shape index (κ1) is 19.5. The highest BCUT2D eigenvalue weighted by Gasteiger charge is 2.44. The summed E-state index contributed by atoms with van der Waals surface area (Å²) in [4.78, 5) is 33.1. The van der Waals surface area contributed by atoms with Gasteiger partial charge in [0.25, 0.3) is 5.91 Å². The van der Waals surface area contributed by atoms with Crippen molar-refractivity contribution in [3.05, 3.63) is 104 Å². The van der Waals surface area contributed by atoms with E-state index in [1.165, 1.54) is 4.90 Å². The maximum atomic E-state index is 13.6. The van der Waals surface area contributed by atoms with E-state index in [0.717, 1.165) is 22.3 Å². The quantitative estimate of drug-likeness (QED) is 0.420. The molecule has 1 aliphatic heterocycles. The number of fused-ring (bicyclic) bond motifs is 2. The van der Waals surface area contributed by atoms with Gasteiger partial charge in [0.05, 0.1) is 17.0 Å². The van der Waals surface area contributed by atoms with Crippen LogP contribution in [-0.2, 0) is 0 Å². The summed E-state index contributed by atoms with van der Waals surface area (Å²) in [6.45, 7) is 5.82. The van der Waals surface area contributed by atoms with Crippen molar-refractivity contribution in [2.75, 3.05) is 4.90 Å². The first-order valence-corrected chi connectivity index (χ1v) is 10.3. The number of halogens is 1. The fourth-order valence-electron chi connectivity index (χ4n) is 4.03. The number of carbonyl (C=O) groups is 1. The Bertz CT molecular complexity index is 1410. The van der Waals surface area contributed by atoms with Crippen LogP contribution in [0.25, 0.3) is 11.0 Å². The standard InChI is InChI=1S/C25H19ClN2O3/c1-13-4-9-20(27-12-13)28-22(16-5-7-17(26)8-6-16)21-23(29)18-10-14(2)15(3)11-19(18)31-24(21)25(28)30/h4-12,22H,1-3H3. The van der Waals surface area contributed by atoms with Crippen LogP contribution in [0.1, 0.15) is 44.4 Å². The summed E-state index contributed by atoms with van der Waals surface area (Å²) < 4.78 is 6.04. The third-order valence-electron chi connectivity index (χ3n) is 5.81. The highest BCUT2D eigenvalue weighted by molar-refractivity contribution is 6.30. The number of hydrogen-bond acceptors (Lipinski definition) is 4. The molecule has 0 fully saturated rings. The van der Waals surface area contributed by atoms with Gasteiger partial charge in [-0.15, -0.1) is 0 Å². The molecular formula is C25H19ClN2O3. The van der Waals surface area contributed by atoms with E-state index >= 15 is 0 Å². The summed E-state index contributed by atoms with van der Waals surface area (Å²) in [5.41, 5.74) is 4.24. The lowest BCUT2D eigenvalue weighted by Crippen LogP contribution is -2.30. The number of amides is 1. The van der Waals surface area contributed by atoms with E-state index < -0.39 is 6.04 Å². The number of aryl methyl sites for hydroxylation is 3. The Kier molecular flexibility index (Phi) is 4.45. The molecule has 5 nitrogen and oxygen atoms in total. The van der Waals surface area contributed by atoms with Crippen LogP contribution in [0.4, 0.5) is 5.82 Å². The van der Waals surface area contributed by atoms with E-state index in [1.807, 2.05) is 51.1 Å². The average molecular weight is 431 g/mol. The molecule has 0 radical (unpaired) electrons. The molecule has 0 bridgehead atoms. The summed E-state index contributed by atoms with van der Waals surface area (Å²) in [6, 6.07) is 13.8. The summed E-state index contributed by atoms with van der Waals surface area (Å²) in [5.74, 6) is 0.129. The van der Waals surface area contributed by atoms with Crippen LogP contribution in [0, 0.1) is 20.8 Å². The predicted octanol–water partition coefficient (Wildman–Crippen LogP) is 5.52. The second-order valence-electron chi connectivity index (χ2n) is 7.93. The Hall–Kier alpha value is -3.44. The van der Waals surface area contributed by atoms with Crippen molar-refractivity contribution in [3.63, 3.8) is 0 Å². The van der Waals surface area contributed by atoms with Gasteiger partial charge in [-0.25, -0.2) is 4.98 Å². The van der Waals surface area contributed by atoms with Crippen LogP contribution in [0.3, 0.4) is 0 Å². The van der Waals surface area contributed by atoms with Gasteiger partial charge in [-0.2, -0.15) is 0 Å². The third-order valence-corrected chi connectivity index (χ3v) is 6.07. The van der Waals surface area contributed by atoms with Gasteiger partial charge in [0.1, 0.15) is 11.4 Å². The number of benzene rings is 2. The number of aromatic nitrogens is 1. The highest BCUT2D eigenvalue weighted by Crippen LogP contribution is 2.41. The normalized spacial score (nSPS) is 15.5. The van der Waals surface area contributed by atoms with E-state index in [9.17, 15) is 9.59 Å². The van der Waals surface area contributed by atoms with Crippen molar-refractivity contribution in [2.24, 2.45) is 0 Å². The molecule has 0 saturated heterocycles. The Morgan fingerprint density at radius 3 is 2.35 bits per heavy atom. The molecule has 0 aliphatic carbocycles. The number of nitrogens with zero attached hydrogens (tertiary/aromatic N) is 2. The Balaban J connectivity index is 1.82. The highest BCUT2D eigenvalue weighted by atomic mass is 35.5. The Morgan fingerprint density at radius 1 is 0.968 bits per heavy atom. The first-order chi connectivity index (χ1) is 14.8. The fraction of sp³-hybridized carbons (Fsp3) is 0.160. The van der Waals surface area contributed by atoms with Crippen LogP contribution >= 0.6 is 11.6 Å². The minimum absolute atomic E-state index is 0.0584. The van der Waals surface area contributed by atoms with Gasteiger partial charge in [0.15, 0.2) is 5.43 Å². The van der Waals surface area contributed by atoms with Crippen molar-refractivity contribution >= 4 is 34.3 Å². The van der Waals surface area contributed by atoms with E-state index in [2.05, 4.69) is 4.98 Å². The summed E-state index contributed by atoms with van der Waals surface area (Å²) in [5, 5.41) is 1.04. The predicted molar refractivity (Wildman–Crippen MR) is 121 cm³/mol. The second-order valence-corrected chi connectivity index (χ2v) is 8.37. The summed E-state index contributed by atoms with van der Waals surface area (Å²) in [6.07, 6.45) is 1.70. The third kappa shape index (κ3) is 3.04. The van der Waals surface area contributed by atoms with Gasteiger partial charge in [0.2, 0.25) is 5.76 Å². The number of carbonyl (C=O) groups excluding carboxylic acids is 1. The summed E-state index contributed by atoms with van der Waals surface area (Å²) in [7, 11) is 0. The Morgan fingerprint density at radius 2 is 1.68 bits per heavy atom. The van der Waals surface area contributed by atoms with E-state index in [0.29, 0.717) is 27.4 Å². The van der Waals surface area contributed by atoms with Gasteiger partial charge >= 0.3 is 0 Å². The zero-order chi connectivity index (χ0) is 21.9. The van der Waals surface area contributed by atoms with E-state index in [4.69, 9.17) is 16.0 Å². The molecule has 0 spiro atoms. The number of rotatable bonds is 2. The molecule has 0 N–H and O–H groups in total. The Labute approximate surface area is 183 Å². The maximum absolute atomic E-state index is 13.6. The van der Waals surface area contributed by atoms with Crippen LogP contribution in [-0.4, -0.2) is 10.9 Å². The molecule has 154 valence electrons. The molecule has 2 aromatic carbocycles. The second kappa shape index (κ2) is 7.06. The maximum Gasteiger partial charge on any atom is 0.296 e. The van der Waals surface area contributed by atoms with Gasteiger partial charge in [-0.3, -0.25) is 14.5 Å². The van der Waals surface area contributed by atoms with Crippen LogP contribution in [0.5, 0.6) is 0 Å².